The number of hydrogen-bond acceptors (Lipinski definition) is 4. The highest BCUT2D eigenvalue weighted by Crippen LogP contribution is 2.11. The number of benzene rings is 1. The van der Waals surface area contributed by atoms with Crippen LogP contribution in [0.2, 0.25) is 0 Å². The van der Waals surface area contributed by atoms with Gasteiger partial charge in [0.1, 0.15) is 6.04 Å². The Morgan fingerprint density at radius 3 is 2.43 bits per heavy atom. The van der Waals surface area contributed by atoms with Crippen molar-refractivity contribution in [3.05, 3.63) is 27.8 Å². The molecule has 0 spiro atoms. The molecule has 1 aromatic carbocycles. The molecule has 0 bridgehead atoms. The lowest BCUT2D eigenvalue weighted by Crippen LogP contribution is -2.43. The van der Waals surface area contributed by atoms with E-state index in [1.165, 1.54) is 7.11 Å². The van der Waals surface area contributed by atoms with Crippen molar-refractivity contribution in [3.8, 4) is 0 Å². The number of halogens is 1. The summed E-state index contributed by atoms with van der Waals surface area (Å²) in [5, 5.41) is 13.8. The SMILES string of the molecule is COC(=O)CC[C@H](NC(=O)Nc1ccc(I)cc1)C(=O)O. The van der Waals surface area contributed by atoms with E-state index in [9.17, 15) is 14.4 Å². The number of aliphatic carboxylic acids is 1. The van der Waals surface area contributed by atoms with Gasteiger partial charge >= 0.3 is 18.0 Å². The first-order chi connectivity index (χ1) is 9.92. The van der Waals surface area contributed by atoms with Crippen LogP contribution in [0, 0.1) is 3.57 Å². The van der Waals surface area contributed by atoms with Crippen LogP contribution in [-0.2, 0) is 14.3 Å². The van der Waals surface area contributed by atoms with E-state index in [2.05, 4.69) is 38.0 Å². The lowest BCUT2D eigenvalue weighted by atomic mass is 10.1. The van der Waals surface area contributed by atoms with Crippen molar-refractivity contribution in [2.75, 3.05) is 12.4 Å². The third kappa shape index (κ3) is 6.43. The Labute approximate surface area is 135 Å². The van der Waals surface area contributed by atoms with Crippen LogP contribution in [-0.4, -0.2) is 36.2 Å². The second kappa shape index (κ2) is 8.45. The third-order valence-electron chi connectivity index (χ3n) is 2.57. The van der Waals surface area contributed by atoms with E-state index in [-0.39, 0.29) is 12.8 Å². The Morgan fingerprint density at radius 2 is 1.90 bits per heavy atom. The first-order valence-electron chi connectivity index (χ1n) is 6.05. The zero-order valence-corrected chi connectivity index (χ0v) is 13.4. The van der Waals surface area contributed by atoms with E-state index >= 15 is 0 Å². The maximum atomic E-state index is 11.7. The Balaban J connectivity index is 2.54. The molecule has 1 rings (SSSR count). The average molecular weight is 406 g/mol. The normalized spacial score (nSPS) is 11.3. The summed E-state index contributed by atoms with van der Waals surface area (Å²) in [6.07, 6.45) is -0.126. The number of nitrogens with one attached hydrogen (secondary N) is 2. The largest absolute Gasteiger partial charge is 0.480 e. The molecule has 0 aromatic heterocycles. The van der Waals surface area contributed by atoms with Crippen molar-refractivity contribution < 1.29 is 24.2 Å². The molecule has 3 N–H and O–H groups in total. The summed E-state index contributed by atoms with van der Waals surface area (Å²) in [6, 6.07) is 5.21. The van der Waals surface area contributed by atoms with E-state index in [0.717, 1.165) is 3.57 Å². The van der Waals surface area contributed by atoms with Gasteiger partial charge in [0.2, 0.25) is 0 Å². The molecule has 114 valence electrons. The number of carboxylic acid groups (broad SMARTS) is 1. The number of carbonyl (C=O) groups excluding carboxylic acids is 2. The minimum absolute atomic E-state index is 0.0396. The lowest BCUT2D eigenvalue weighted by molar-refractivity contribution is -0.142. The van der Waals surface area contributed by atoms with Crippen molar-refractivity contribution in [1.82, 2.24) is 5.32 Å². The second-order valence-electron chi connectivity index (χ2n) is 4.11. The molecule has 1 aromatic rings. The summed E-state index contributed by atoms with van der Waals surface area (Å²) >= 11 is 2.13. The molecule has 0 unspecified atom stereocenters. The summed E-state index contributed by atoms with van der Waals surface area (Å²) in [4.78, 5) is 33.8. The van der Waals surface area contributed by atoms with Crippen molar-refractivity contribution in [2.24, 2.45) is 0 Å². The van der Waals surface area contributed by atoms with Gasteiger partial charge in [-0.25, -0.2) is 9.59 Å². The number of carboxylic acids is 1. The fraction of sp³-hybridized carbons (Fsp3) is 0.308. The van der Waals surface area contributed by atoms with Crippen LogP contribution in [0.4, 0.5) is 10.5 Å². The molecule has 2 amide bonds. The smallest absolute Gasteiger partial charge is 0.326 e. The Hall–Kier alpha value is -1.84. The summed E-state index contributed by atoms with van der Waals surface area (Å²) in [7, 11) is 1.22. The molecule has 0 aliphatic carbocycles. The number of urea groups is 1. The Bertz CT molecular complexity index is 518. The van der Waals surface area contributed by atoms with Gasteiger partial charge in [-0.3, -0.25) is 4.79 Å². The number of ether oxygens (including phenoxy) is 1. The molecule has 0 aliphatic rings. The van der Waals surface area contributed by atoms with Crippen LogP contribution in [0.1, 0.15) is 12.8 Å². The first kappa shape index (κ1) is 17.2. The second-order valence-corrected chi connectivity index (χ2v) is 5.36. The summed E-state index contributed by atoms with van der Waals surface area (Å²) in [5.41, 5.74) is 0.546. The van der Waals surface area contributed by atoms with Gasteiger partial charge in [-0.05, 0) is 53.3 Å². The molecule has 8 heteroatoms. The van der Waals surface area contributed by atoms with Crippen LogP contribution in [0.15, 0.2) is 24.3 Å². The molecule has 0 heterocycles. The highest BCUT2D eigenvalue weighted by Gasteiger charge is 2.21. The maximum Gasteiger partial charge on any atom is 0.326 e. The van der Waals surface area contributed by atoms with Gasteiger partial charge < -0.3 is 20.5 Å². The molecule has 7 nitrogen and oxygen atoms in total. The minimum Gasteiger partial charge on any atom is -0.480 e. The number of amides is 2. The number of anilines is 1. The Morgan fingerprint density at radius 1 is 1.29 bits per heavy atom. The molecular weight excluding hydrogens is 391 g/mol. The zero-order chi connectivity index (χ0) is 15.8. The minimum atomic E-state index is -1.21. The summed E-state index contributed by atoms with van der Waals surface area (Å²) in [5.74, 6) is -1.74. The van der Waals surface area contributed by atoms with Crippen molar-refractivity contribution in [3.63, 3.8) is 0 Å². The van der Waals surface area contributed by atoms with Gasteiger partial charge in [-0.1, -0.05) is 0 Å². The van der Waals surface area contributed by atoms with Crippen LogP contribution < -0.4 is 10.6 Å². The maximum absolute atomic E-state index is 11.7. The molecule has 0 aliphatic heterocycles. The van der Waals surface area contributed by atoms with Gasteiger partial charge in [-0.15, -0.1) is 0 Å². The van der Waals surface area contributed by atoms with Crippen LogP contribution in [0.5, 0.6) is 0 Å². The summed E-state index contributed by atoms with van der Waals surface area (Å²) in [6.45, 7) is 0. The molecule has 0 fully saturated rings. The quantitative estimate of drug-likeness (QED) is 0.494. The summed E-state index contributed by atoms with van der Waals surface area (Å²) < 4.78 is 5.45. The van der Waals surface area contributed by atoms with Crippen LogP contribution >= 0.6 is 22.6 Å². The topological polar surface area (TPSA) is 105 Å². The molecular formula is C13H15IN2O5. The molecule has 21 heavy (non-hydrogen) atoms. The predicted octanol–water partition coefficient (Wildman–Crippen LogP) is 1.82. The predicted molar refractivity (Wildman–Crippen MR) is 84.0 cm³/mol. The standard InChI is InChI=1S/C13H15IN2O5/c1-21-11(17)7-6-10(12(18)19)16-13(20)15-9-4-2-8(14)3-5-9/h2-5,10H,6-7H2,1H3,(H,18,19)(H2,15,16,20)/t10-/m0/s1. The van der Waals surface area contributed by atoms with E-state index in [1.807, 2.05) is 12.1 Å². The van der Waals surface area contributed by atoms with Crippen LogP contribution in [0.3, 0.4) is 0 Å². The van der Waals surface area contributed by atoms with Gasteiger partial charge in [0.15, 0.2) is 0 Å². The molecule has 0 radical (unpaired) electrons. The fourth-order valence-corrected chi connectivity index (χ4v) is 1.84. The average Bonchev–Trinajstić information content (AvgIpc) is 2.45. The van der Waals surface area contributed by atoms with E-state index < -0.39 is 24.0 Å². The number of esters is 1. The van der Waals surface area contributed by atoms with Crippen molar-refractivity contribution in [2.45, 2.75) is 18.9 Å². The number of methoxy groups -OCH3 is 1. The lowest BCUT2D eigenvalue weighted by Gasteiger charge is -2.14. The third-order valence-corrected chi connectivity index (χ3v) is 3.29. The van der Waals surface area contributed by atoms with E-state index in [0.29, 0.717) is 5.69 Å². The molecule has 1 atom stereocenters. The molecule has 0 saturated heterocycles. The highest BCUT2D eigenvalue weighted by molar-refractivity contribution is 14.1. The zero-order valence-electron chi connectivity index (χ0n) is 11.3. The molecule has 0 saturated carbocycles. The first-order valence-corrected chi connectivity index (χ1v) is 7.13. The van der Waals surface area contributed by atoms with Crippen molar-refractivity contribution >= 4 is 46.2 Å². The Kier molecular flexibility index (Phi) is 6.92. The van der Waals surface area contributed by atoms with E-state index in [4.69, 9.17) is 5.11 Å². The monoisotopic (exact) mass is 406 g/mol. The number of rotatable bonds is 6. The van der Waals surface area contributed by atoms with Gasteiger partial charge in [0.25, 0.3) is 0 Å². The fourth-order valence-electron chi connectivity index (χ4n) is 1.48. The number of hydrogen-bond donors (Lipinski definition) is 3. The van der Waals surface area contributed by atoms with E-state index in [1.54, 1.807) is 12.1 Å². The highest BCUT2D eigenvalue weighted by atomic mass is 127. The van der Waals surface area contributed by atoms with Crippen LogP contribution in [0.25, 0.3) is 0 Å². The van der Waals surface area contributed by atoms with Gasteiger partial charge in [0, 0.05) is 15.7 Å². The van der Waals surface area contributed by atoms with Gasteiger partial charge in [0.05, 0.1) is 7.11 Å². The van der Waals surface area contributed by atoms with Crippen molar-refractivity contribution in [1.29, 1.82) is 0 Å². The number of carbonyl (C=O) groups is 3. The van der Waals surface area contributed by atoms with Gasteiger partial charge in [-0.2, -0.15) is 0 Å².